The largest absolute Gasteiger partial charge is 0.444 e. The molecule has 0 aliphatic rings. The molecule has 0 fully saturated rings. The van der Waals surface area contributed by atoms with Gasteiger partial charge in [0.2, 0.25) is 0 Å². The average molecular weight is 415 g/mol. The molecule has 2 atom stereocenters. The van der Waals surface area contributed by atoms with Gasteiger partial charge < -0.3 is 24.9 Å². The van der Waals surface area contributed by atoms with Crippen molar-refractivity contribution in [2.75, 3.05) is 0 Å². The van der Waals surface area contributed by atoms with Crippen LogP contribution in [0, 0.1) is 17.8 Å². The zero-order chi connectivity index (χ0) is 23.0. The van der Waals surface area contributed by atoms with Crippen molar-refractivity contribution in [1.29, 1.82) is 0 Å². The van der Waals surface area contributed by atoms with Gasteiger partial charge in [-0.25, -0.2) is 9.59 Å². The van der Waals surface area contributed by atoms with Crippen molar-refractivity contribution in [3.05, 3.63) is 0 Å². The van der Waals surface area contributed by atoms with Gasteiger partial charge in [0.25, 0.3) is 0 Å². The Morgan fingerprint density at radius 3 is 1.28 bits per heavy atom. The number of hydrogen-bond acceptors (Lipinski definition) is 5. The van der Waals surface area contributed by atoms with E-state index in [0.717, 1.165) is 6.29 Å². The second-order valence-electron chi connectivity index (χ2n) is 10.5. The number of hydrogen-bond donors (Lipinski definition) is 2. The van der Waals surface area contributed by atoms with Crippen LogP contribution in [0.3, 0.4) is 0 Å². The van der Waals surface area contributed by atoms with E-state index in [1.165, 1.54) is 0 Å². The maximum absolute atomic E-state index is 12.4. The highest BCUT2D eigenvalue weighted by Gasteiger charge is 2.34. The summed E-state index contributed by atoms with van der Waals surface area (Å²) in [5.41, 5.74) is -1.29. The molecule has 7 nitrogen and oxygen atoms in total. The average Bonchev–Trinajstić information content (AvgIpc) is 2.41. The first-order valence-corrected chi connectivity index (χ1v) is 10.5. The van der Waals surface area contributed by atoms with E-state index in [2.05, 4.69) is 10.6 Å². The summed E-state index contributed by atoms with van der Waals surface area (Å²) in [6.07, 6.45) is 0.820. The van der Waals surface area contributed by atoms with Gasteiger partial charge in [-0.2, -0.15) is 0 Å². The number of amides is 2. The van der Waals surface area contributed by atoms with E-state index in [0.29, 0.717) is 12.8 Å². The number of rotatable bonds is 9. The second kappa shape index (κ2) is 11.4. The summed E-state index contributed by atoms with van der Waals surface area (Å²) >= 11 is 0. The van der Waals surface area contributed by atoms with Gasteiger partial charge in [-0.15, -0.1) is 0 Å². The molecule has 0 aromatic heterocycles. The highest BCUT2D eigenvalue weighted by atomic mass is 16.6. The Bertz CT molecular complexity index is 488. The zero-order valence-electron chi connectivity index (χ0n) is 19.9. The molecule has 170 valence electrons. The summed E-state index contributed by atoms with van der Waals surface area (Å²) in [4.78, 5) is 36.8. The fourth-order valence-corrected chi connectivity index (χ4v) is 3.03. The molecular formula is C22H42N2O5. The Morgan fingerprint density at radius 1 is 0.759 bits per heavy atom. The van der Waals surface area contributed by atoms with Crippen LogP contribution in [0.5, 0.6) is 0 Å². The highest BCUT2D eigenvalue weighted by molar-refractivity contribution is 5.71. The lowest BCUT2D eigenvalue weighted by atomic mass is 9.84. The molecule has 0 radical (unpaired) electrons. The molecule has 0 aliphatic heterocycles. The van der Waals surface area contributed by atoms with E-state index in [-0.39, 0.29) is 11.8 Å². The van der Waals surface area contributed by atoms with Crippen LogP contribution >= 0.6 is 0 Å². The Morgan fingerprint density at radius 2 is 1.07 bits per heavy atom. The van der Waals surface area contributed by atoms with Crippen LogP contribution in [0.15, 0.2) is 0 Å². The molecule has 0 saturated heterocycles. The fraction of sp³-hybridized carbons (Fsp3) is 0.864. The minimum atomic E-state index is -0.644. The van der Waals surface area contributed by atoms with Crippen LogP contribution in [-0.4, -0.2) is 41.8 Å². The second-order valence-corrected chi connectivity index (χ2v) is 10.5. The van der Waals surface area contributed by atoms with Gasteiger partial charge in [-0.3, -0.25) is 0 Å². The minimum absolute atomic E-state index is 0.235. The molecule has 2 N–H and O–H groups in total. The van der Waals surface area contributed by atoms with Crippen molar-refractivity contribution < 1.29 is 23.9 Å². The Balaban J connectivity index is 5.60. The topological polar surface area (TPSA) is 93.7 Å². The number of ether oxygens (including phenoxy) is 2. The predicted molar refractivity (Wildman–Crippen MR) is 115 cm³/mol. The molecule has 0 rings (SSSR count). The van der Waals surface area contributed by atoms with E-state index in [1.807, 2.05) is 27.7 Å². The van der Waals surface area contributed by atoms with Crippen molar-refractivity contribution in [3.63, 3.8) is 0 Å². The van der Waals surface area contributed by atoms with Gasteiger partial charge in [-0.1, -0.05) is 27.7 Å². The van der Waals surface area contributed by atoms with Gasteiger partial charge in [0.05, 0.1) is 5.92 Å². The van der Waals surface area contributed by atoms with Crippen LogP contribution in [0.2, 0.25) is 0 Å². The number of alkyl carbamates (subject to hydrolysis) is 2. The van der Waals surface area contributed by atoms with E-state index in [4.69, 9.17) is 9.47 Å². The van der Waals surface area contributed by atoms with Gasteiger partial charge in [0.1, 0.15) is 17.5 Å². The normalized spacial score (nSPS) is 14.5. The lowest BCUT2D eigenvalue weighted by Crippen LogP contribution is -2.53. The highest BCUT2D eigenvalue weighted by Crippen LogP contribution is 2.22. The monoisotopic (exact) mass is 414 g/mol. The molecule has 0 aliphatic carbocycles. The van der Waals surface area contributed by atoms with Gasteiger partial charge in [0, 0.05) is 12.1 Å². The van der Waals surface area contributed by atoms with E-state index in [1.54, 1.807) is 41.5 Å². The first-order chi connectivity index (χ1) is 13.0. The number of nitrogens with one attached hydrogen (secondary N) is 2. The molecule has 2 amide bonds. The third-order valence-electron chi connectivity index (χ3n) is 3.94. The van der Waals surface area contributed by atoms with Gasteiger partial charge in [-0.05, 0) is 66.2 Å². The third-order valence-corrected chi connectivity index (χ3v) is 3.94. The van der Waals surface area contributed by atoms with Crippen molar-refractivity contribution in [2.24, 2.45) is 17.8 Å². The molecule has 0 aromatic rings. The molecule has 0 saturated carbocycles. The Kier molecular flexibility index (Phi) is 10.7. The van der Waals surface area contributed by atoms with Crippen molar-refractivity contribution >= 4 is 18.5 Å². The lowest BCUT2D eigenvalue weighted by molar-refractivity contribution is -0.113. The predicted octanol–water partition coefficient (Wildman–Crippen LogP) is 4.68. The van der Waals surface area contributed by atoms with Crippen LogP contribution < -0.4 is 10.6 Å². The quantitative estimate of drug-likeness (QED) is 0.534. The summed E-state index contributed by atoms with van der Waals surface area (Å²) in [6.45, 7) is 18.8. The zero-order valence-corrected chi connectivity index (χ0v) is 19.9. The maximum atomic E-state index is 12.4. The van der Waals surface area contributed by atoms with E-state index in [9.17, 15) is 14.4 Å². The summed E-state index contributed by atoms with van der Waals surface area (Å²) in [5.74, 6) is -0.142. The van der Waals surface area contributed by atoms with Crippen LogP contribution in [0.25, 0.3) is 0 Å². The minimum Gasteiger partial charge on any atom is -0.444 e. The molecule has 0 unspecified atom stereocenters. The van der Waals surface area contributed by atoms with Crippen molar-refractivity contribution in [2.45, 2.75) is 105 Å². The summed E-state index contributed by atoms with van der Waals surface area (Å²) in [7, 11) is 0. The first kappa shape index (κ1) is 27.2. The summed E-state index contributed by atoms with van der Waals surface area (Å²) in [6, 6.07) is -0.943. The molecule has 0 heterocycles. The van der Waals surface area contributed by atoms with E-state index >= 15 is 0 Å². The smallest absolute Gasteiger partial charge is 0.407 e. The maximum Gasteiger partial charge on any atom is 0.407 e. The third kappa shape index (κ3) is 13.1. The Labute approximate surface area is 176 Å². The number of aldehydes is 1. The van der Waals surface area contributed by atoms with Gasteiger partial charge >= 0.3 is 12.2 Å². The van der Waals surface area contributed by atoms with Crippen molar-refractivity contribution in [1.82, 2.24) is 10.6 Å². The first-order valence-electron chi connectivity index (χ1n) is 10.5. The molecule has 7 heteroatoms. The lowest BCUT2D eigenvalue weighted by Gasteiger charge is -2.34. The fourth-order valence-electron chi connectivity index (χ4n) is 3.03. The van der Waals surface area contributed by atoms with Gasteiger partial charge in [0.15, 0.2) is 0 Å². The molecular weight excluding hydrogens is 372 g/mol. The Hall–Kier alpha value is -1.79. The van der Waals surface area contributed by atoms with Crippen LogP contribution in [0.4, 0.5) is 9.59 Å². The molecule has 0 bridgehead atoms. The van der Waals surface area contributed by atoms with E-state index < -0.39 is 41.4 Å². The molecule has 29 heavy (non-hydrogen) atoms. The van der Waals surface area contributed by atoms with Crippen molar-refractivity contribution in [3.8, 4) is 0 Å². The van der Waals surface area contributed by atoms with Crippen LogP contribution in [0.1, 0.15) is 82.1 Å². The summed E-state index contributed by atoms with van der Waals surface area (Å²) < 4.78 is 10.7. The number of carbonyl (C=O) groups is 3. The van der Waals surface area contributed by atoms with Crippen LogP contribution in [-0.2, 0) is 14.3 Å². The summed E-state index contributed by atoms with van der Waals surface area (Å²) in [5, 5.41) is 5.69. The standard InChI is InChI=1S/C22H42N2O5/c1-14(2)11-17(23-19(26)28-21(5,6)7)16(13-25)18(12-15(3)4)24-20(27)29-22(8,9)10/h13-18H,11-12H2,1-10H3,(H,23,26)(H,24,27)/t17-,18-/m1/s1. The molecule has 0 aromatic carbocycles. The number of carbonyl (C=O) groups excluding carboxylic acids is 3. The molecule has 0 spiro atoms. The SMILES string of the molecule is CC(C)C[C@@H](NC(=O)OC(C)(C)C)C(C=O)[C@@H](CC(C)C)NC(=O)OC(C)(C)C.